The SMILES string of the molecule is Cc1ccc(C(C)C)c(OC(=O)[C@@H]2[C@@H]3C(=O)N(c4ccc5c(c4)OCO5)C(=O)[C@H]3[C@@H]3C=Cc4ccccc4N23)c1. The van der Waals surface area contributed by atoms with E-state index in [0.717, 1.165) is 22.4 Å². The molecule has 0 bridgehead atoms. The summed E-state index contributed by atoms with van der Waals surface area (Å²) in [5.41, 5.74) is 3.98. The monoisotopic (exact) mass is 536 g/mol. The second-order valence-corrected chi connectivity index (χ2v) is 11.0. The highest BCUT2D eigenvalue weighted by atomic mass is 16.7. The lowest BCUT2D eigenvalue weighted by Gasteiger charge is -2.36. The number of carbonyl (C=O) groups is 3. The minimum Gasteiger partial charge on any atom is -0.454 e. The first kappa shape index (κ1) is 24.5. The van der Waals surface area contributed by atoms with Crippen LogP contribution in [0.1, 0.15) is 36.5 Å². The zero-order chi connectivity index (χ0) is 27.7. The van der Waals surface area contributed by atoms with E-state index in [1.165, 1.54) is 4.90 Å². The predicted molar refractivity (Wildman–Crippen MR) is 148 cm³/mol. The molecule has 0 N–H and O–H groups in total. The number of nitrogens with zero attached hydrogens (tertiary/aromatic N) is 2. The topological polar surface area (TPSA) is 85.4 Å². The van der Waals surface area contributed by atoms with Gasteiger partial charge in [-0.3, -0.25) is 9.59 Å². The number of benzene rings is 3. The van der Waals surface area contributed by atoms with Crippen LogP contribution in [0.15, 0.2) is 66.7 Å². The van der Waals surface area contributed by atoms with Crippen LogP contribution in [0.3, 0.4) is 0 Å². The van der Waals surface area contributed by atoms with Gasteiger partial charge < -0.3 is 19.1 Å². The lowest BCUT2D eigenvalue weighted by Crippen LogP contribution is -2.50. The van der Waals surface area contributed by atoms with Crippen LogP contribution in [0.2, 0.25) is 0 Å². The molecule has 0 aromatic heterocycles. The second-order valence-electron chi connectivity index (χ2n) is 11.0. The van der Waals surface area contributed by atoms with Gasteiger partial charge in [-0.25, -0.2) is 9.69 Å². The molecule has 0 saturated carbocycles. The van der Waals surface area contributed by atoms with Crippen LogP contribution in [-0.2, 0) is 14.4 Å². The summed E-state index contributed by atoms with van der Waals surface area (Å²) in [4.78, 5) is 45.4. The summed E-state index contributed by atoms with van der Waals surface area (Å²) in [6.45, 7) is 6.10. The summed E-state index contributed by atoms with van der Waals surface area (Å²) in [6, 6.07) is 17.0. The number of rotatable bonds is 4. The van der Waals surface area contributed by atoms with Crippen molar-refractivity contribution in [2.75, 3.05) is 16.6 Å². The number of para-hydroxylation sites is 1. The van der Waals surface area contributed by atoms with E-state index >= 15 is 0 Å². The highest BCUT2D eigenvalue weighted by Gasteiger charge is 2.65. The average Bonchev–Trinajstić information content (AvgIpc) is 3.61. The van der Waals surface area contributed by atoms with Crippen LogP contribution in [0, 0.1) is 18.8 Å². The molecule has 2 fully saturated rings. The fourth-order valence-electron chi connectivity index (χ4n) is 6.44. The maximum absolute atomic E-state index is 14.2. The molecule has 4 atom stereocenters. The Hall–Kier alpha value is -4.59. The van der Waals surface area contributed by atoms with E-state index in [2.05, 4.69) is 0 Å². The lowest BCUT2D eigenvalue weighted by atomic mass is 9.88. The number of imide groups is 1. The van der Waals surface area contributed by atoms with Crippen molar-refractivity contribution >= 4 is 35.2 Å². The summed E-state index contributed by atoms with van der Waals surface area (Å²) in [5, 5.41) is 0. The fraction of sp³-hybridized carbons (Fsp3) is 0.281. The number of fused-ring (bicyclic) bond motifs is 6. The third kappa shape index (κ3) is 3.55. The molecule has 4 aliphatic heterocycles. The Bertz CT molecular complexity index is 1610. The molecule has 0 spiro atoms. The molecule has 3 aromatic rings. The quantitative estimate of drug-likeness (QED) is 0.268. The summed E-state index contributed by atoms with van der Waals surface area (Å²) in [7, 11) is 0. The van der Waals surface area contributed by atoms with Gasteiger partial charge in [0.15, 0.2) is 11.5 Å². The van der Waals surface area contributed by atoms with Crippen molar-refractivity contribution in [1.82, 2.24) is 0 Å². The fourth-order valence-corrected chi connectivity index (χ4v) is 6.44. The first-order valence-electron chi connectivity index (χ1n) is 13.5. The minimum atomic E-state index is -0.989. The molecular formula is C32H28N2O6. The Balaban J connectivity index is 1.31. The Kier molecular flexibility index (Phi) is 5.49. The van der Waals surface area contributed by atoms with E-state index in [0.29, 0.717) is 22.9 Å². The van der Waals surface area contributed by atoms with Crippen LogP contribution in [0.4, 0.5) is 11.4 Å². The van der Waals surface area contributed by atoms with Crippen LogP contribution in [0.25, 0.3) is 6.08 Å². The van der Waals surface area contributed by atoms with Crippen LogP contribution < -0.4 is 24.0 Å². The van der Waals surface area contributed by atoms with Gasteiger partial charge in [-0.05, 0) is 53.8 Å². The van der Waals surface area contributed by atoms with E-state index in [4.69, 9.17) is 14.2 Å². The molecule has 2 amide bonds. The number of anilines is 2. The molecule has 3 aromatic carbocycles. The van der Waals surface area contributed by atoms with Crippen molar-refractivity contribution in [2.45, 2.75) is 38.8 Å². The third-order valence-corrected chi connectivity index (χ3v) is 8.27. The zero-order valence-electron chi connectivity index (χ0n) is 22.4. The standard InChI is InChI=1S/C32H28N2O6/c1-17(2)21-11-8-18(3)14-25(21)40-32(37)29-28-27(23-12-9-19-6-4-5-7-22(19)34(23)29)30(35)33(31(28)36)20-10-13-24-26(15-20)39-16-38-24/h4-15,17,23,27-29H,16H2,1-3H3/t23-,27-,28+,29-/m0/s1. The van der Waals surface area contributed by atoms with E-state index in [1.807, 2.05) is 80.3 Å². The normalized spacial score (nSPS) is 23.9. The number of hydrogen-bond acceptors (Lipinski definition) is 7. The van der Waals surface area contributed by atoms with Gasteiger partial charge in [0.1, 0.15) is 11.8 Å². The predicted octanol–water partition coefficient (Wildman–Crippen LogP) is 4.84. The maximum Gasteiger partial charge on any atom is 0.335 e. The third-order valence-electron chi connectivity index (χ3n) is 8.27. The molecule has 0 aliphatic carbocycles. The van der Waals surface area contributed by atoms with Crippen molar-refractivity contribution < 1.29 is 28.6 Å². The number of hydrogen-bond donors (Lipinski definition) is 0. The zero-order valence-corrected chi connectivity index (χ0v) is 22.4. The Morgan fingerprint density at radius 1 is 0.950 bits per heavy atom. The van der Waals surface area contributed by atoms with Gasteiger partial charge in [0, 0.05) is 11.8 Å². The number of amides is 2. The van der Waals surface area contributed by atoms with E-state index < -0.39 is 35.8 Å². The molecule has 0 radical (unpaired) electrons. The molecule has 4 aliphatic rings. The van der Waals surface area contributed by atoms with Crippen molar-refractivity contribution in [3.05, 3.63) is 83.4 Å². The van der Waals surface area contributed by atoms with E-state index in [-0.39, 0.29) is 18.6 Å². The van der Waals surface area contributed by atoms with Gasteiger partial charge in [0.05, 0.1) is 23.6 Å². The lowest BCUT2D eigenvalue weighted by molar-refractivity contribution is -0.139. The minimum absolute atomic E-state index is 0.0818. The molecule has 8 heteroatoms. The van der Waals surface area contributed by atoms with E-state index in [1.54, 1.807) is 18.2 Å². The first-order valence-corrected chi connectivity index (χ1v) is 13.5. The first-order chi connectivity index (χ1) is 19.3. The Labute approximate surface area is 231 Å². The number of carbonyl (C=O) groups excluding carboxylic acids is 3. The van der Waals surface area contributed by atoms with Gasteiger partial charge in [-0.2, -0.15) is 0 Å². The van der Waals surface area contributed by atoms with Gasteiger partial charge in [0.2, 0.25) is 18.6 Å². The molecule has 7 rings (SSSR count). The van der Waals surface area contributed by atoms with E-state index in [9.17, 15) is 14.4 Å². The van der Waals surface area contributed by atoms with Crippen molar-refractivity contribution in [3.63, 3.8) is 0 Å². The molecule has 0 unspecified atom stereocenters. The Morgan fingerprint density at radius 2 is 1.73 bits per heavy atom. The highest BCUT2D eigenvalue weighted by molar-refractivity contribution is 6.24. The average molecular weight is 537 g/mol. The largest absolute Gasteiger partial charge is 0.454 e. The summed E-state index contributed by atoms with van der Waals surface area (Å²) >= 11 is 0. The summed E-state index contributed by atoms with van der Waals surface area (Å²) in [6.07, 6.45) is 3.88. The van der Waals surface area contributed by atoms with Crippen LogP contribution in [0.5, 0.6) is 17.2 Å². The van der Waals surface area contributed by atoms with Gasteiger partial charge in [0.25, 0.3) is 0 Å². The van der Waals surface area contributed by atoms with Gasteiger partial charge in [-0.15, -0.1) is 0 Å². The molecule has 202 valence electrons. The molecule has 8 nitrogen and oxygen atoms in total. The molecule has 4 heterocycles. The van der Waals surface area contributed by atoms with Crippen LogP contribution in [-0.4, -0.2) is 36.7 Å². The molecular weight excluding hydrogens is 508 g/mol. The van der Waals surface area contributed by atoms with Gasteiger partial charge >= 0.3 is 5.97 Å². The smallest absolute Gasteiger partial charge is 0.335 e. The molecule has 40 heavy (non-hydrogen) atoms. The van der Waals surface area contributed by atoms with Crippen molar-refractivity contribution in [2.24, 2.45) is 11.8 Å². The second kappa shape index (κ2) is 8.98. The number of aryl methyl sites for hydroxylation is 1. The Morgan fingerprint density at radius 3 is 2.55 bits per heavy atom. The van der Waals surface area contributed by atoms with Crippen molar-refractivity contribution in [1.29, 1.82) is 0 Å². The highest BCUT2D eigenvalue weighted by Crippen LogP contribution is 2.50. The summed E-state index contributed by atoms with van der Waals surface area (Å²) in [5.74, 6) is -1.36. The molecule has 2 saturated heterocycles. The summed E-state index contributed by atoms with van der Waals surface area (Å²) < 4.78 is 17.0. The van der Waals surface area contributed by atoms with Crippen LogP contribution >= 0.6 is 0 Å². The maximum atomic E-state index is 14.2. The van der Waals surface area contributed by atoms with Gasteiger partial charge in [-0.1, -0.05) is 56.3 Å². The number of esters is 1. The number of ether oxygens (including phenoxy) is 3. The van der Waals surface area contributed by atoms with Crippen molar-refractivity contribution in [3.8, 4) is 17.2 Å².